The van der Waals surface area contributed by atoms with Crippen molar-refractivity contribution in [2.24, 2.45) is 0 Å². The van der Waals surface area contributed by atoms with Crippen LogP contribution in [0.5, 0.6) is 0 Å². The highest BCUT2D eigenvalue weighted by molar-refractivity contribution is 6.40. The summed E-state index contributed by atoms with van der Waals surface area (Å²) in [5.74, 6) is 1.72. The number of hydrogen-bond donors (Lipinski definition) is 3. The molecule has 1 aromatic rings. The molecule has 0 heterocycles. The molecule has 0 fully saturated rings. The average molecular weight is 436 g/mol. The minimum Gasteiger partial charge on any atom is -0.481 e. The molecule has 0 saturated heterocycles. The number of carbonyl (C=O) groups is 3. The van der Waals surface area contributed by atoms with Crippen molar-refractivity contribution in [3.8, 4) is 11.8 Å². The number of anilines is 1. The number of benzene rings is 1. The molecular weight excluding hydrogens is 413 g/mol. The Morgan fingerprint density at radius 2 is 1.68 bits per heavy atom. The largest absolute Gasteiger partial charge is 0.481 e. The summed E-state index contributed by atoms with van der Waals surface area (Å²) in [6, 6.07) is 6.09. The van der Waals surface area contributed by atoms with Crippen LogP contribution >= 0.6 is 0 Å². The summed E-state index contributed by atoms with van der Waals surface area (Å²) in [5, 5.41) is 13.5. The third-order valence-corrected chi connectivity index (χ3v) is 4.07. The number of halogens is 3. The summed E-state index contributed by atoms with van der Waals surface area (Å²) in [6.45, 7) is 5.45. The molecule has 0 bridgehead atoms. The van der Waals surface area contributed by atoms with Gasteiger partial charge in [0.1, 0.15) is 0 Å². The Labute approximate surface area is 178 Å². The van der Waals surface area contributed by atoms with Crippen molar-refractivity contribution >= 4 is 23.5 Å². The Morgan fingerprint density at radius 3 is 2.13 bits per heavy atom. The lowest BCUT2D eigenvalue weighted by Gasteiger charge is -2.13. The summed E-state index contributed by atoms with van der Waals surface area (Å²) in [5.41, 5.74) is 0.212. The van der Waals surface area contributed by atoms with Crippen LogP contribution in [0, 0.1) is 11.8 Å². The van der Waals surface area contributed by atoms with Gasteiger partial charge in [-0.25, -0.2) is 0 Å². The SMILES string of the molecule is CC#CC(CC(=O)O)c1ccc(NC(=O)C(=O)NC(C=C(C)C(F)(F)F)=C(C)C)cc1. The summed E-state index contributed by atoms with van der Waals surface area (Å²) in [7, 11) is 0. The first-order valence-corrected chi connectivity index (χ1v) is 9.14. The van der Waals surface area contributed by atoms with Gasteiger partial charge in [0.05, 0.1) is 12.3 Å². The zero-order valence-corrected chi connectivity index (χ0v) is 17.5. The molecule has 1 rings (SSSR count). The van der Waals surface area contributed by atoms with E-state index in [1.54, 1.807) is 19.1 Å². The lowest BCUT2D eigenvalue weighted by molar-refractivity contribution is -0.137. The topological polar surface area (TPSA) is 95.5 Å². The van der Waals surface area contributed by atoms with Gasteiger partial charge in [0.15, 0.2) is 0 Å². The van der Waals surface area contributed by atoms with Crippen molar-refractivity contribution in [1.29, 1.82) is 0 Å². The number of nitrogens with one attached hydrogen (secondary N) is 2. The van der Waals surface area contributed by atoms with Gasteiger partial charge < -0.3 is 15.7 Å². The van der Waals surface area contributed by atoms with Crippen LogP contribution in [0.3, 0.4) is 0 Å². The Bertz CT molecular complexity index is 961. The van der Waals surface area contributed by atoms with E-state index < -0.39 is 35.5 Å². The van der Waals surface area contributed by atoms with Crippen LogP contribution in [-0.4, -0.2) is 29.1 Å². The van der Waals surface area contributed by atoms with Crippen LogP contribution in [0.1, 0.15) is 45.6 Å². The molecule has 6 nitrogen and oxygen atoms in total. The number of carbonyl (C=O) groups excluding carboxylic acids is 2. The average Bonchev–Trinajstić information content (AvgIpc) is 2.66. The minimum atomic E-state index is -4.56. The molecular formula is C22H23F3N2O4. The number of hydrogen-bond acceptors (Lipinski definition) is 3. The first-order chi connectivity index (χ1) is 14.3. The van der Waals surface area contributed by atoms with Gasteiger partial charge in [-0.15, -0.1) is 5.92 Å². The van der Waals surface area contributed by atoms with Gasteiger partial charge in [0.2, 0.25) is 0 Å². The molecule has 0 aliphatic carbocycles. The summed E-state index contributed by atoms with van der Waals surface area (Å²) >= 11 is 0. The van der Waals surface area contributed by atoms with E-state index >= 15 is 0 Å². The number of aliphatic carboxylic acids is 1. The summed E-state index contributed by atoms with van der Waals surface area (Å²) in [4.78, 5) is 35.2. The van der Waals surface area contributed by atoms with Crippen LogP contribution in [0.4, 0.5) is 18.9 Å². The number of carboxylic acid groups (broad SMARTS) is 1. The van der Waals surface area contributed by atoms with Crippen LogP contribution in [0.2, 0.25) is 0 Å². The predicted octanol–water partition coefficient (Wildman–Crippen LogP) is 4.13. The molecule has 0 radical (unpaired) electrons. The van der Waals surface area contributed by atoms with E-state index in [0.717, 1.165) is 13.0 Å². The maximum absolute atomic E-state index is 12.7. The van der Waals surface area contributed by atoms with Crippen LogP contribution in [-0.2, 0) is 14.4 Å². The van der Waals surface area contributed by atoms with Crippen molar-refractivity contribution in [2.45, 2.75) is 46.2 Å². The van der Waals surface area contributed by atoms with Gasteiger partial charge in [-0.05, 0) is 51.5 Å². The van der Waals surface area contributed by atoms with Crippen molar-refractivity contribution in [3.63, 3.8) is 0 Å². The number of alkyl halides is 3. The first kappa shape index (κ1) is 25.5. The van der Waals surface area contributed by atoms with E-state index in [4.69, 9.17) is 5.11 Å². The molecule has 1 atom stereocenters. The van der Waals surface area contributed by atoms with Crippen LogP contribution < -0.4 is 10.6 Å². The summed E-state index contributed by atoms with van der Waals surface area (Å²) < 4.78 is 38.2. The molecule has 0 aliphatic heterocycles. The molecule has 0 saturated carbocycles. The van der Waals surface area contributed by atoms with Crippen molar-refractivity contribution in [3.05, 3.63) is 52.7 Å². The minimum absolute atomic E-state index is 0.125. The highest BCUT2D eigenvalue weighted by Crippen LogP contribution is 2.26. The monoisotopic (exact) mass is 436 g/mol. The van der Waals surface area contributed by atoms with Gasteiger partial charge in [-0.1, -0.05) is 23.6 Å². The molecule has 1 aromatic carbocycles. The Balaban J connectivity index is 2.90. The zero-order chi connectivity index (χ0) is 23.8. The lowest BCUT2D eigenvalue weighted by atomic mass is 9.96. The maximum Gasteiger partial charge on any atom is 0.412 e. The fourth-order valence-electron chi connectivity index (χ4n) is 2.37. The fraction of sp³-hybridized carbons (Fsp3) is 0.318. The summed E-state index contributed by atoms with van der Waals surface area (Å²) in [6.07, 6.45) is -3.99. The normalized spacial score (nSPS) is 12.2. The Kier molecular flexibility index (Phi) is 9.06. The number of amides is 2. The van der Waals surface area contributed by atoms with Gasteiger partial charge in [0.25, 0.3) is 0 Å². The molecule has 0 aromatic heterocycles. The highest BCUT2D eigenvalue weighted by atomic mass is 19.4. The molecule has 2 amide bonds. The number of allylic oxidation sites excluding steroid dienone is 3. The Morgan fingerprint density at radius 1 is 1.10 bits per heavy atom. The van der Waals surface area contributed by atoms with Crippen molar-refractivity contribution in [1.82, 2.24) is 5.32 Å². The molecule has 31 heavy (non-hydrogen) atoms. The molecule has 1 unspecified atom stereocenters. The number of rotatable bonds is 6. The molecule has 0 aliphatic rings. The standard InChI is InChI=1S/C22H23F3N2O4/c1-5-6-16(12-19(28)29)15-7-9-17(10-8-15)26-20(30)21(31)27-18(13(2)3)11-14(4)22(23,24)25/h7-11,16H,12H2,1-4H3,(H,26,30)(H,27,31)(H,28,29). The third kappa shape index (κ3) is 8.38. The van der Waals surface area contributed by atoms with Gasteiger partial charge >= 0.3 is 24.0 Å². The van der Waals surface area contributed by atoms with Crippen molar-refractivity contribution in [2.75, 3.05) is 5.32 Å². The quantitative estimate of drug-likeness (QED) is 0.355. The maximum atomic E-state index is 12.7. The van der Waals surface area contributed by atoms with Gasteiger partial charge in [-0.2, -0.15) is 13.2 Å². The smallest absolute Gasteiger partial charge is 0.412 e. The van der Waals surface area contributed by atoms with Gasteiger partial charge in [0, 0.05) is 17.0 Å². The van der Waals surface area contributed by atoms with Crippen LogP contribution in [0.25, 0.3) is 0 Å². The van der Waals surface area contributed by atoms with E-state index in [2.05, 4.69) is 22.5 Å². The highest BCUT2D eigenvalue weighted by Gasteiger charge is 2.30. The molecule has 9 heteroatoms. The molecule has 166 valence electrons. The number of carboxylic acids is 1. The second-order valence-corrected chi connectivity index (χ2v) is 6.81. The predicted molar refractivity (Wildman–Crippen MR) is 110 cm³/mol. The molecule has 3 N–H and O–H groups in total. The Hall–Kier alpha value is -3.54. The van der Waals surface area contributed by atoms with E-state index in [1.807, 2.05) is 0 Å². The van der Waals surface area contributed by atoms with Gasteiger partial charge in [-0.3, -0.25) is 14.4 Å². The van der Waals surface area contributed by atoms with E-state index in [0.29, 0.717) is 11.1 Å². The van der Waals surface area contributed by atoms with E-state index in [-0.39, 0.29) is 17.8 Å². The second kappa shape index (κ2) is 11.0. The first-order valence-electron chi connectivity index (χ1n) is 9.14. The molecule has 0 spiro atoms. The lowest BCUT2D eigenvalue weighted by Crippen LogP contribution is -2.35. The van der Waals surface area contributed by atoms with Crippen molar-refractivity contribution < 1.29 is 32.7 Å². The van der Waals surface area contributed by atoms with Crippen LogP contribution in [0.15, 0.2) is 47.2 Å². The zero-order valence-electron chi connectivity index (χ0n) is 17.5. The van der Waals surface area contributed by atoms with E-state index in [9.17, 15) is 27.6 Å². The second-order valence-electron chi connectivity index (χ2n) is 6.81. The van der Waals surface area contributed by atoms with E-state index in [1.165, 1.54) is 26.0 Å². The third-order valence-electron chi connectivity index (χ3n) is 4.07. The fourth-order valence-corrected chi connectivity index (χ4v) is 2.37.